The smallest absolute Gasteiger partial charge is 0.0468 e. The SMILES string of the molecule is CC.CO.CSNc1cccc(C2CN(C)Cc3c(Cl)cc(Cl)cc32)c1. The third kappa shape index (κ3) is 5.80. The number of aliphatic hydroxyl groups excluding tert-OH is 1. The Bertz CT molecular complexity index is 698. The van der Waals surface area contributed by atoms with Crippen molar-refractivity contribution in [2.75, 3.05) is 31.7 Å². The van der Waals surface area contributed by atoms with E-state index in [1.54, 1.807) is 11.9 Å². The number of nitrogens with one attached hydrogen (secondary N) is 1. The van der Waals surface area contributed by atoms with E-state index in [0.717, 1.165) is 30.9 Å². The predicted octanol–water partition coefficient (Wildman–Crippen LogP) is 5.90. The van der Waals surface area contributed by atoms with Crippen LogP contribution in [0.25, 0.3) is 0 Å². The van der Waals surface area contributed by atoms with Gasteiger partial charge in [0.05, 0.1) is 0 Å². The van der Waals surface area contributed by atoms with Crippen LogP contribution >= 0.6 is 35.1 Å². The molecule has 0 fully saturated rings. The molecule has 2 aromatic carbocycles. The molecular weight excluding hydrogens is 387 g/mol. The van der Waals surface area contributed by atoms with Crippen molar-refractivity contribution >= 4 is 40.8 Å². The summed E-state index contributed by atoms with van der Waals surface area (Å²) >= 11 is 14.3. The molecular formula is C20H28Cl2N2OS. The van der Waals surface area contributed by atoms with Gasteiger partial charge in [-0.05, 0) is 48.0 Å². The lowest BCUT2D eigenvalue weighted by Gasteiger charge is -2.33. The molecule has 1 heterocycles. The van der Waals surface area contributed by atoms with Crippen molar-refractivity contribution in [3.05, 3.63) is 63.1 Å². The Morgan fingerprint density at radius 3 is 2.50 bits per heavy atom. The van der Waals surface area contributed by atoms with Crippen LogP contribution < -0.4 is 4.72 Å². The number of halogens is 2. The van der Waals surface area contributed by atoms with Crippen LogP contribution in [0, 0.1) is 0 Å². The molecule has 1 unspecified atom stereocenters. The molecule has 6 heteroatoms. The number of fused-ring (bicyclic) bond motifs is 1. The summed E-state index contributed by atoms with van der Waals surface area (Å²) in [7, 11) is 3.13. The summed E-state index contributed by atoms with van der Waals surface area (Å²) in [6.07, 6.45) is 2.02. The number of aliphatic hydroxyl groups is 1. The third-order valence-corrected chi connectivity index (χ3v) is 5.00. The van der Waals surface area contributed by atoms with E-state index >= 15 is 0 Å². The van der Waals surface area contributed by atoms with Crippen LogP contribution in [0.3, 0.4) is 0 Å². The van der Waals surface area contributed by atoms with Crippen LogP contribution in [0.1, 0.15) is 36.5 Å². The topological polar surface area (TPSA) is 35.5 Å². The van der Waals surface area contributed by atoms with Gasteiger partial charge in [0.25, 0.3) is 0 Å². The first-order valence-corrected chi connectivity index (χ1v) is 10.6. The zero-order chi connectivity index (χ0) is 19.7. The zero-order valence-electron chi connectivity index (χ0n) is 16.0. The van der Waals surface area contributed by atoms with Crippen LogP contribution in [-0.2, 0) is 6.54 Å². The van der Waals surface area contributed by atoms with Crippen LogP contribution in [0.5, 0.6) is 0 Å². The van der Waals surface area contributed by atoms with E-state index in [1.165, 1.54) is 16.7 Å². The minimum absolute atomic E-state index is 0.286. The van der Waals surface area contributed by atoms with Gasteiger partial charge in [0, 0.05) is 48.1 Å². The standard InChI is InChI=1S/C17H18Cl2N2S.C2H6.CH4O/c1-21-9-15(11-4-3-5-13(6-11)20-22-2)14-7-12(18)8-17(19)16(14)10-21;2*1-2/h3-8,15,20H,9-10H2,1-2H3;1-2H3;2H,1H3. The molecule has 0 aliphatic carbocycles. The molecule has 0 saturated carbocycles. The summed E-state index contributed by atoms with van der Waals surface area (Å²) in [5.74, 6) is 0.286. The summed E-state index contributed by atoms with van der Waals surface area (Å²) in [5, 5.41) is 8.47. The number of hydrogen-bond donors (Lipinski definition) is 2. The Labute approximate surface area is 171 Å². The molecule has 2 aromatic rings. The lowest BCUT2D eigenvalue weighted by molar-refractivity contribution is 0.295. The van der Waals surface area contributed by atoms with Gasteiger partial charge in [-0.25, -0.2) is 0 Å². The molecule has 0 saturated heterocycles. The molecule has 1 aliphatic rings. The number of anilines is 1. The first-order valence-electron chi connectivity index (χ1n) is 8.58. The van der Waals surface area contributed by atoms with Gasteiger partial charge in [-0.15, -0.1) is 0 Å². The molecule has 0 spiro atoms. The van der Waals surface area contributed by atoms with Crippen molar-refractivity contribution in [1.29, 1.82) is 0 Å². The summed E-state index contributed by atoms with van der Waals surface area (Å²) in [6.45, 7) is 5.83. The highest BCUT2D eigenvalue weighted by Gasteiger charge is 2.27. The molecule has 1 atom stereocenters. The maximum Gasteiger partial charge on any atom is 0.0468 e. The van der Waals surface area contributed by atoms with Gasteiger partial charge in [0.15, 0.2) is 0 Å². The molecule has 0 radical (unpaired) electrons. The largest absolute Gasteiger partial charge is 0.400 e. The Morgan fingerprint density at radius 2 is 1.85 bits per heavy atom. The van der Waals surface area contributed by atoms with Gasteiger partial charge in [0.1, 0.15) is 0 Å². The van der Waals surface area contributed by atoms with E-state index in [9.17, 15) is 0 Å². The molecule has 2 N–H and O–H groups in total. The van der Waals surface area contributed by atoms with E-state index < -0.39 is 0 Å². The van der Waals surface area contributed by atoms with Gasteiger partial charge < -0.3 is 14.7 Å². The van der Waals surface area contributed by atoms with E-state index in [1.807, 2.05) is 26.2 Å². The first kappa shape index (κ1) is 23.1. The van der Waals surface area contributed by atoms with Crippen LogP contribution in [0.2, 0.25) is 10.0 Å². The van der Waals surface area contributed by atoms with Crippen molar-refractivity contribution < 1.29 is 5.11 Å². The van der Waals surface area contributed by atoms with E-state index in [-0.39, 0.29) is 5.92 Å². The van der Waals surface area contributed by atoms with Crippen molar-refractivity contribution in [2.45, 2.75) is 26.3 Å². The fourth-order valence-corrected chi connectivity index (χ4v) is 4.00. The van der Waals surface area contributed by atoms with E-state index in [4.69, 9.17) is 28.3 Å². The van der Waals surface area contributed by atoms with Crippen molar-refractivity contribution in [3.63, 3.8) is 0 Å². The van der Waals surface area contributed by atoms with Crippen LogP contribution in [0.4, 0.5) is 5.69 Å². The minimum atomic E-state index is 0.286. The van der Waals surface area contributed by atoms with E-state index in [0.29, 0.717) is 5.02 Å². The van der Waals surface area contributed by atoms with Gasteiger partial charge in [-0.3, -0.25) is 0 Å². The van der Waals surface area contributed by atoms with Crippen molar-refractivity contribution in [3.8, 4) is 0 Å². The second-order valence-electron chi connectivity index (χ2n) is 5.64. The maximum absolute atomic E-state index is 7.00. The maximum atomic E-state index is 7.00. The lowest BCUT2D eigenvalue weighted by Crippen LogP contribution is -2.31. The number of rotatable bonds is 3. The normalized spacial score (nSPS) is 15.8. The predicted molar refractivity (Wildman–Crippen MR) is 118 cm³/mol. The van der Waals surface area contributed by atoms with E-state index in [2.05, 4.69) is 47.0 Å². The van der Waals surface area contributed by atoms with Gasteiger partial charge in [0.2, 0.25) is 0 Å². The molecule has 0 bridgehead atoms. The summed E-state index contributed by atoms with van der Waals surface area (Å²) in [5.41, 5.74) is 4.84. The second-order valence-corrected chi connectivity index (χ2v) is 7.09. The second kappa shape index (κ2) is 11.7. The van der Waals surface area contributed by atoms with Gasteiger partial charge in [-0.2, -0.15) is 0 Å². The molecule has 3 nitrogen and oxygen atoms in total. The number of likely N-dealkylation sites (N-methyl/N-ethyl adjacent to an activating group) is 1. The van der Waals surface area contributed by atoms with Crippen LogP contribution in [-0.4, -0.2) is 37.0 Å². The number of nitrogens with zero attached hydrogens (tertiary/aromatic N) is 1. The molecule has 3 rings (SSSR count). The Kier molecular flexibility index (Phi) is 10.4. The van der Waals surface area contributed by atoms with Gasteiger partial charge in [-0.1, -0.05) is 61.1 Å². The first-order chi connectivity index (χ1) is 12.6. The monoisotopic (exact) mass is 414 g/mol. The van der Waals surface area contributed by atoms with Crippen LogP contribution in [0.15, 0.2) is 36.4 Å². The Hall–Kier alpha value is -0.910. The van der Waals surface area contributed by atoms with Crippen molar-refractivity contribution in [1.82, 2.24) is 4.90 Å². The Morgan fingerprint density at radius 1 is 1.15 bits per heavy atom. The fraction of sp³-hybridized carbons (Fsp3) is 0.400. The average Bonchev–Trinajstić information content (AvgIpc) is 2.66. The highest BCUT2D eigenvalue weighted by molar-refractivity contribution is 7.99. The fourth-order valence-electron chi connectivity index (χ4n) is 3.07. The summed E-state index contributed by atoms with van der Waals surface area (Å²) in [4.78, 5) is 2.31. The average molecular weight is 415 g/mol. The molecule has 0 amide bonds. The third-order valence-electron chi connectivity index (χ3n) is 4.00. The van der Waals surface area contributed by atoms with Crippen molar-refractivity contribution in [2.24, 2.45) is 0 Å². The quantitative estimate of drug-likeness (QED) is 0.613. The highest BCUT2D eigenvalue weighted by atomic mass is 35.5. The molecule has 26 heavy (non-hydrogen) atoms. The molecule has 0 aromatic heterocycles. The zero-order valence-corrected chi connectivity index (χ0v) is 18.3. The molecule has 144 valence electrons. The highest BCUT2D eigenvalue weighted by Crippen LogP contribution is 2.38. The van der Waals surface area contributed by atoms with Gasteiger partial charge >= 0.3 is 0 Å². The lowest BCUT2D eigenvalue weighted by atomic mass is 9.84. The summed E-state index contributed by atoms with van der Waals surface area (Å²) in [6, 6.07) is 12.5. The Balaban J connectivity index is 0.000000791. The molecule has 1 aliphatic heterocycles. The number of benzene rings is 2. The minimum Gasteiger partial charge on any atom is -0.400 e. The number of hydrogen-bond acceptors (Lipinski definition) is 4. The summed E-state index contributed by atoms with van der Waals surface area (Å²) < 4.78 is 3.30.